The summed E-state index contributed by atoms with van der Waals surface area (Å²) < 4.78 is 33.1. The lowest BCUT2D eigenvalue weighted by Crippen LogP contribution is -2.38. The third-order valence-electron chi connectivity index (χ3n) is 3.15. The summed E-state index contributed by atoms with van der Waals surface area (Å²) in [5.74, 6) is 0.617. The number of methoxy groups -OCH3 is 1. The van der Waals surface area contributed by atoms with E-state index in [-0.39, 0.29) is 5.25 Å². The van der Waals surface area contributed by atoms with E-state index < -0.39 is 10.0 Å². The molecule has 1 aliphatic rings. The first-order chi connectivity index (χ1) is 9.03. The molecular formula is C12H17BrN2O3S. The summed E-state index contributed by atoms with van der Waals surface area (Å²) in [5.41, 5.74) is 0.512. The van der Waals surface area contributed by atoms with Crippen LogP contribution in [0.4, 0.5) is 5.69 Å². The minimum Gasteiger partial charge on any atom is -0.497 e. The molecule has 1 aromatic carbocycles. The van der Waals surface area contributed by atoms with Gasteiger partial charge in [0.2, 0.25) is 10.0 Å². The Balaban J connectivity index is 2.19. The van der Waals surface area contributed by atoms with Gasteiger partial charge in [-0.05, 0) is 54.0 Å². The molecule has 0 radical (unpaired) electrons. The predicted octanol–water partition coefficient (Wildman–Crippen LogP) is 1.95. The highest BCUT2D eigenvalue weighted by Gasteiger charge is 2.27. The van der Waals surface area contributed by atoms with E-state index >= 15 is 0 Å². The van der Waals surface area contributed by atoms with Crippen molar-refractivity contribution in [3.63, 3.8) is 0 Å². The molecule has 1 fully saturated rings. The van der Waals surface area contributed by atoms with E-state index in [0.717, 1.165) is 13.1 Å². The van der Waals surface area contributed by atoms with E-state index in [1.807, 2.05) is 0 Å². The maximum Gasteiger partial charge on any atom is 0.235 e. The van der Waals surface area contributed by atoms with Crippen LogP contribution in [0.1, 0.15) is 12.8 Å². The summed E-state index contributed by atoms with van der Waals surface area (Å²) in [7, 11) is -1.81. The number of benzene rings is 1. The maximum absolute atomic E-state index is 12.3. The lowest BCUT2D eigenvalue weighted by molar-refractivity contribution is 0.415. The first kappa shape index (κ1) is 14.6. The van der Waals surface area contributed by atoms with Gasteiger partial charge in [0.1, 0.15) is 5.75 Å². The third kappa shape index (κ3) is 3.61. The molecule has 0 spiro atoms. The highest BCUT2D eigenvalue weighted by atomic mass is 79.9. The van der Waals surface area contributed by atoms with Gasteiger partial charge in [-0.15, -0.1) is 0 Å². The summed E-state index contributed by atoms with van der Waals surface area (Å²) in [6.07, 6.45) is 1.27. The van der Waals surface area contributed by atoms with Crippen LogP contribution < -0.4 is 14.8 Å². The number of ether oxygens (including phenoxy) is 1. The van der Waals surface area contributed by atoms with Crippen molar-refractivity contribution < 1.29 is 13.2 Å². The number of sulfonamides is 1. The molecule has 5 nitrogen and oxygen atoms in total. The first-order valence-corrected chi connectivity index (χ1v) is 8.43. The highest BCUT2D eigenvalue weighted by Crippen LogP contribution is 2.29. The van der Waals surface area contributed by atoms with Crippen LogP contribution in [0.5, 0.6) is 5.75 Å². The topological polar surface area (TPSA) is 67.4 Å². The number of piperidine rings is 1. The molecule has 19 heavy (non-hydrogen) atoms. The Bertz CT molecular complexity index is 542. The molecule has 0 aromatic heterocycles. The summed E-state index contributed by atoms with van der Waals surface area (Å²) >= 11 is 3.34. The average Bonchev–Trinajstić information content (AvgIpc) is 2.42. The van der Waals surface area contributed by atoms with Gasteiger partial charge >= 0.3 is 0 Å². The first-order valence-electron chi connectivity index (χ1n) is 6.09. The van der Waals surface area contributed by atoms with Crippen LogP contribution in [-0.4, -0.2) is 33.9 Å². The molecule has 106 valence electrons. The van der Waals surface area contributed by atoms with Gasteiger partial charge in [-0.3, -0.25) is 4.72 Å². The third-order valence-corrected chi connectivity index (χ3v) is 5.70. The second kappa shape index (κ2) is 6.11. The Morgan fingerprint density at radius 1 is 1.37 bits per heavy atom. The Kier molecular flexibility index (Phi) is 4.70. The monoisotopic (exact) mass is 348 g/mol. The number of nitrogens with one attached hydrogen (secondary N) is 2. The smallest absolute Gasteiger partial charge is 0.235 e. The Labute approximate surface area is 121 Å². The van der Waals surface area contributed by atoms with Crippen molar-refractivity contribution in [3.8, 4) is 5.75 Å². The van der Waals surface area contributed by atoms with E-state index in [9.17, 15) is 8.42 Å². The van der Waals surface area contributed by atoms with Gasteiger partial charge in [0, 0.05) is 10.5 Å². The fourth-order valence-electron chi connectivity index (χ4n) is 2.05. The van der Waals surface area contributed by atoms with Crippen molar-refractivity contribution in [1.82, 2.24) is 5.32 Å². The van der Waals surface area contributed by atoms with Crippen molar-refractivity contribution in [2.45, 2.75) is 18.1 Å². The Morgan fingerprint density at radius 3 is 2.68 bits per heavy atom. The van der Waals surface area contributed by atoms with E-state index in [1.54, 1.807) is 25.3 Å². The zero-order valence-corrected chi connectivity index (χ0v) is 13.1. The molecule has 2 N–H and O–H groups in total. The average molecular weight is 349 g/mol. The molecule has 1 heterocycles. The zero-order valence-electron chi connectivity index (χ0n) is 10.6. The molecule has 1 saturated heterocycles. The van der Waals surface area contributed by atoms with Crippen molar-refractivity contribution in [2.24, 2.45) is 0 Å². The van der Waals surface area contributed by atoms with Gasteiger partial charge in [-0.2, -0.15) is 0 Å². The molecule has 1 aliphatic heterocycles. The maximum atomic E-state index is 12.3. The van der Waals surface area contributed by atoms with Gasteiger partial charge in [0.05, 0.1) is 18.0 Å². The zero-order chi connectivity index (χ0) is 13.9. The van der Waals surface area contributed by atoms with E-state index in [4.69, 9.17) is 4.74 Å². The van der Waals surface area contributed by atoms with Crippen molar-refractivity contribution in [1.29, 1.82) is 0 Å². The van der Waals surface area contributed by atoms with Crippen molar-refractivity contribution >= 4 is 31.6 Å². The van der Waals surface area contributed by atoms with Crippen LogP contribution >= 0.6 is 15.9 Å². The van der Waals surface area contributed by atoms with Crippen molar-refractivity contribution in [3.05, 3.63) is 22.7 Å². The molecule has 0 atom stereocenters. The molecule has 2 rings (SSSR count). The molecular weight excluding hydrogens is 332 g/mol. The van der Waals surface area contributed by atoms with Crippen LogP contribution in [0.25, 0.3) is 0 Å². The summed E-state index contributed by atoms with van der Waals surface area (Å²) in [5, 5.41) is 2.82. The van der Waals surface area contributed by atoms with Crippen LogP contribution in [-0.2, 0) is 10.0 Å². The summed E-state index contributed by atoms with van der Waals surface area (Å²) in [4.78, 5) is 0. The standard InChI is InChI=1S/C12H17BrN2O3S/c1-18-9-2-3-11(13)12(8-9)15-19(16,17)10-4-6-14-7-5-10/h2-3,8,10,14-15H,4-7H2,1H3. The number of hydrogen-bond acceptors (Lipinski definition) is 4. The largest absolute Gasteiger partial charge is 0.497 e. The van der Waals surface area contributed by atoms with Gasteiger partial charge in [0.15, 0.2) is 0 Å². The van der Waals surface area contributed by atoms with Crippen molar-refractivity contribution in [2.75, 3.05) is 24.9 Å². The molecule has 0 unspecified atom stereocenters. The minimum absolute atomic E-state index is 0.341. The van der Waals surface area contributed by atoms with E-state index in [2.05, 4.69) is 26.0 Å². The van der Waals surface area contributed by atoms with Crippen LogP contribution in [0.3, 0.4) is 0 Å². The fourth-order valence-corrected chi connectivity index (χ4v) is 4.03. The summed E-state index contributed by atoms with van der Waals surface area (Å²) in [6.45, 7) is 1.48. The molecule has 0 amide bonds. The number of rotatable bonds is 4. The van der Waals surface area contributed by atoms with Crippen LogP contribution in [0, 0.1) is 0 Å². The second-order valence-electron chi connectivity index (χ2n) is 4.44. The lowest BCUT2D eigenvalue weighted by atomic mass is 10.2. The van der Waals surface area contributed by atoms with Crippen LogP contribution in [0.15, 0.2) is 22.7 Å². The van der Waals surface area contributed by atoms with Gasteiger partial charge in [0.25, 0.3) is 0 Å². The normalized spacial score (nSPS) is 17.2. The number of hydrogen-bond donors (Lipinski definition) is 2. The van der Waals surface area contributed by atoms with E-state index in [1.165, 1.54) is 0 Å². The highest BCUT2D eigenvalue weighted by molar-refractivity contribution is 9.10. The molecule has 1 aromatic rings. The number of halogens is 1. The molecule has 0 saturated carbocycles. The SMILES string of the molecule is COc1ccc(Br)c(NS(=O)(=O)C2CCNCC2)c1. The molecule has 0 aliphatic carbocycles. The Morgan fingerprint density at radius 2 is 2.05 bits per heavy atom. The van der Waals surface area contributed by atoms with E-state index in [0.29, 0.717) is 28.8 Å². The minimum atomic E-state index is -3.36. The van der Waals surface area contributed by atoms with Crippen LogP contribution in [0.2, 0.25) is 0 Å². The fraction of sp³-hybridized carbons (Fsp3) is 0.500. The lowest BCUT2D eigenvalue weighted by Gasteiger charge is -2.23. The number of anilines is 1. The van der Waals surface area contributed by atoms with Gasteiger partial charge in [-0.25, -0.2) is 8.42 Å². The summed E-state index contributed by atoms with van der Waals surface area (Å²) in [6, 6.07) is 5.20. The second-order valence-corrected chi connectivity index (χ2v) is 7.26. The van der Waals surface area contributed by atoms with Gasteiger partial charge in [-0.1, -0.05) is 0 Å². The quantitative estimate of drug-likeness (QED) is 0.872. The molecule has 0 bridgehead atoms. The molecule has 7 heteroatoms. The predicted molar refractivity (Wildman–Crippen MR) is 79.1 cm³/mol. The van der Waals surface area contributed by atoms with Gasteiger partial charge < -0.3 is 10.1 Å². The Hall–Kier alpha value is -0.790.